The molecule has 0 spiro atoms. The van der Waals surface area contributed by atoms with Crippen molar-refractivity contribution in [3.05, 3.63) is 0 Å². The fourth-order valence-corrected chi connectivity index (χ4v) is 0.847. The normalized spacial score (nSPS) is 21.0. The maximum atomic E-state index is 9.12. The number of aliphatic hydroxyl groups excluding tert-OH is 1. The van der Waals surface area contributed by atoms with Crippen LogP contribution < -0.4 is 0 Å². The summed E-state index contributed by atoms with van der Waals surface area (Å²) in [5.41, 5.74) is 0. The molecule has 0 aromatic carbocycles. The fourth-order valence-electron chi connectivity index (χ4n) is 0.847. The molecule has 0 bridgehead atoms. The molecule has 0 unspecified atom stereocenters. The molecule has 0 saturated carbocycles. The average molecular weight is 130 g/mol. The van der Waals surface area contributed by atoms with Crippen LogP contribution in [-0.4, -0.2) is 11.2 Å². The zero-order valence-corrected chi connectivity index (χ0v) is 6.89. The predicted octanol–water partition coefficient (Wildman–Crippen LogP) is 2.05. The Kier molecular flexibility index (Phi) is 3.87. The topological polar surface area (TPSA) is 20.2 Å². The van der Waals surface area contributed by atoms with Gasteiger partial charge in [-0.2, -0.15) is 0 Å². The summed E-state index contributed by atoms with van der Waals surface area (Å²) in [5.74, 6) is 1.08. The van der Waals surface area contributed by atoms with Crippen LogP contribution in [0.15, 0.2) is 0 Å². The molecule has 0 amide bonds. The molecule has 0 saturated heterocycles. The quantitative estimate of drug-likeness (QED) is 0.620. The summed E-state index contributed by atoms with van der Waals surface area (Å²) >= 11 is 0. The van der Waals surface area contributed by atoms with Gasteiger partial charge in [0.2, 0.25) is 0 Å². The molecule has 1 nitrogen and oxygen atoms in total. The van der Waals surface area contributed by atoms with E-state index in [2.05, 4.69) is 20.8 Å². The van der Waals surface area contributed by atoms with Crippen LogP contribution in [0.2, 0.25) is 0 Å². The summed E-state index contributed by atoms with van der Waals surface area (Å²) in [5, 5.41) is 9.12. The first kappa shape index (κ1) is 8.96. The summed E-state index contributed by atoms with van der Waals surface area (Å²) in [6.07, 6.45) is 1.01. The molecule has 3 atom stereocenters. The second-order valence-corrected chi connectivity index (χ2v) is 2.99. The molecule has 0 aliphatic rings. The highest BCUT2D eigenvalue weighted by Gasteiger charge is 2.14. The van der Waals surface area contributed by atoms with Crippen LogP contribution in [0.3, 0.4) is 0 Å². The second kappa shape index (κ2) is 3.89. The Labute approximate surface area is 58.1 Å². The van der Waals surface area contributed by atoms with E-state index in [0.717, 1.165) is 6.42 Å². The van der Waals surface area contributed by atoms with Gasteiger partial charge >= 0.3 is 0 Å². The van der Waals surface area contributed by atoms with E-state index in [1.54, 1.807) is 0 Å². The van der Waals surface area contributed by atoms with Gasteiger partial charge in [-0.25, -0.2) is 0 Å². The lowest BCUT2D eigenvalue weighted by atomic mass is 9.90. The molecule has 0 heterocycles. The first-order valence-electron chi connectivity index (χ1n) is 3.77. The molecule has 0 aliphatic heterocycles. The van der Waals surface area contributed by atoms with Crippen LogP contribution in [-0.2, 0) is 0 Å². The molecule has 56 valence electrons. The molecule has 0 radical (unpaired) electrons. The standard InChI is InChI=1S/C8H18O/c1-5-6(2)7(3)8(4)9/h6-9H,5H2,1-4H3/t6-,7+,8+/m0/s1. The Balaban J connectivity index is 3.58. The van der Waals surface area contributed by atoms with E-state index < -0.39 is 0 Å². The monoisotopic (exact) mass is 130 g/mol. The first-order valence-corrected chi connectivity index (χ1v) is 3.77. The van der Waals surface area contributed by atoms with Crippen LogP contribution in [0.25, 0.3) is 0 Å². The van der Waals surface area contributed by atoms with Crippen molar-refractivity contribution in [1.82, 2.24) is 0 Å². The SMILES string of the molecule is CC[C@H](C)[C@@H](C)[C@@H](C)O. The van der Waals surface area contributed by atoms with Crippen molar-refractivity contribution in [2.75, 3.05) is 0 Å². The summed E-state index contributed by atoms with van der Waals surface area (Å²) in [6, 6.07) is 0. The Hall–Kier alpha value is -0.0400. The van der Waals surface area contributed by atoms with E-state index in [1.165, 1.54) is 0 Å². The lowest BCUT2D eigenvalue weighted by molar-refractivity contribution is 0.102. The van der Waals surface area contributed by atoms with Gasteiger partial charge < -0.3 is 5.11 Å². The van der Waals surface area contributed by atoms with Crippen molar-refractivity contribution in [2.45, 2.75) is 40.2 Å². The smallest absolute Gasteiger partial charge is 0.0540 e. The maximum absolute atomic E-state index is 9.12. The van der Waals surface area contributed by atoms with Crippen molar-refractivity contribution in [3.63, 3.8) is 0 Å². The number of hydrogen-bond donors (Lipinski definition) is 1. The molecule has 0 aromatic heterocycles. The van der Waals surface area contributed by atoms with Gasteiger partial charge in [0.05, 0.1) is 6.10 Å². The Morgan fingerprint density at radius 2 is 1.67 bits per heavy atom. The third-order valence-corrected chi connectivity index (χ3v) is 2.30. The average Bonchev–Trinajstić information content (AvgIpc) is 1.84. The minimum Gasteiger partial charge on any atom is -0.393 e. The Bertz CT molecular complexity index is 69.0. The zero-order valence-electron chi connectivity index (χ0n) is 6.89. The van der Waals surface area contributed by atoms with Crippen molar-refractivity contribution < 1.29 is 5.11 Å². The van der Waals surface area contributed by atoms with Gasteiger partial charge in [0.25, 0.3) is 0 Å². The molecule has 0 fully saturated rings. The van der Waals surface area contributed by atoms with Gasteiger partial charge in [-0.15, -0.1) is 0 Å². The zero-order chi connectivity index (χ0) is 7.44. The highest BCUT2D eigenvalue weighted by Crippen LogP contribution is 2.17. The van der Waals surface area contributed by atoms with E-state index in [0.29, 0.717) is 11.8 Å². The van der Waals surface area contributed by atoms with Crippen LogP contribution in [0.4, 0.5) is 0 Å². The van der Waals surface area contributed by atoms with Gasteiger partial charge in [-0.1, -0.05) is 27.2 Å². The highest BCUT2D eigenvalue weighted by atomic mass is 16.3. The number of rotatable bonds is 3. The fraction of sp³-hybridized carbons (Fsp3) is 1.00. The summed E-state index contributed by atoms with van der Waals surface area (Å²) < 4.78 is 0. The van der Waals surface area contributed by atoms with E-state index in [9.17, 15) is 0 Å². The van der Waals surface area contributed by atoms with Gasteiger partial charge in [0.1, 0.15) is 0 Å². The van der Waals surface area contributed by atoms with Crippen molar-refractivity contribution in [1.29, 1.82) is 0 Å². The van der Waals surface area contributed by atoms with Crippen LogP contribution in [0.5, 0.6) is 0 Å². The third-order valence-electron chi connectivity index (χ3n) is 2.30. The molecule has 1 heteroatoms. The molecular formula is C8H18O. The Morgan fingerprint density at radius 1 is 1.22 bits per heavy atom. The molecule has 0 rings (SSSR count). The second-order valence-electron chi connectivity index (χ2n) is 2.99. The summed E-state index contributed by atoms with van der Waals surface area (Å²) in [4.78, 5) is 0. The molecular weight excluding hydrogens is 112 g/mol. The lowest BCUT2D eigenvalue weighted by Crippen LogP contribution is -2.19. The van der Waals surface area contributed by atoms with Gasteiger partial charge in [0, 0.05) is 0 Å². The largest absolute Gasteiger partial charge is 0.393 e. The first-order chi connectivity index (χ1) is 4.09. The summed E-state index contributed by atoms with van der Waals surface area (Å²) in [7, 11) is 0. The van der Waals surface area contributed by atoms with E-state index in [-0.39, 0.29) is 6.10 Å². The van der Waals surface area contributed by atoms with E-state index >= 15 is 0 Å². The third kappa shape index (κ3) is 2.85. The predicted molar refractivity (Wildman–Crippen MR) is 40.3 cm³/mol. The highest BCUT2D eigenvalue weighted by molar-refractivity contribution is 4.64. The number of hydrogen-bond acceptors (Lipinski definition) is 1. The van der Waals surface area contributed by atoms with Crippen molar-refractivity contribution >= 4 is 0 Å². The molecule has 0 aliphatic carbocycles. The van der Waals surface area contributed by atoms with E-state index in [1.807, 2.05) is 6.92 Å². The van der Waals surface area contributed by atoms with E-state index in [4.69, 9.17) is 5.11 Å². The van der Waals surface area contributed by atoms with Crippen LogP contribution >= 0.6 is 0 Å². The molecule has 1 N–H and O–H groups in total. The number of aliphatic hydroxyl groups is 1. The summed E-state index contributed by atoms with van der Waals surface area (Å²) in [6.45, 7) is 8.29. The van der Waals surface area contributed by atoms with Gasteiger partial charge in [0.15, 0.2) is 0 Å². The molecule has 9 heavy (non-hydrogen) atoms. The minimum atomic E-state index is -0.153. The lowest BCUT2D eigenvalue weighted by Gasteiger charge is -2.20. The Morgan fingerprint density at radius 3 is 1.78 bits per heavy atom. The van der Waals surface area contributed by atoms with Crippen molar-refractivity contribution in [3.8, 4) is 0 Å². The minimum absolute atomic E-state index is 0.153. The van der Waals surface area contributed by atoms with Crippen LogP contribution in [0, 0.1) is 11.8 Å². The molecule has 0 aromatic rings. The maximum Gasteiger partial charge on any atom is 0.0540 e. The van der Waals surface area contributed by atoms with Crippen molar-refractivity contribution in [2.24, 2.45) is 11.8 Å². The van der Waals surface area contributed by atoms with Gasteiger partial charge in [-0.3, -0.25) is 0 Å². The van der Waals surface area contributed by atoms with Crippen LogP contribution in [0.1, 0.15) is 34.1 Å². The van der Waals surface area contributed by atoms with Gasteiger partial charge in [-0.05, 0) is 18.8 Å².